The number of anilines is 1. The summed E-state index contributed by atoms with van der Waals surface area (Å²) in [6, 6.07) is -0.821. The van der Waals surface area contributed by atoms with Crippen LogP contribution in [0.3, 0.4) is 0 Å². The van der Waals surface area contributed by atoms with Crippen LogP contribution in [-0.2, 0) is 39.4 Å². The number of nitrogens with one attached hydrogen (secondary N) is 2. The first kappa shape index (κ1) is 20.1. The molecule has 1 aliphatic heterocycles. The van der Waals surface area contributed by atoms with Crippen molar-refractivity contribution in [2.24, 2.45) is 20.2 Å². The highest BCUT2D eigenvalue weighted by molar-refractivity contribution is 7.95. The van der Waals surface area contributed by atoms with E-state index in [1.54, 1.807) is 0 Å². The van der Waals surface area contributed by atoms with E-state index in [9.17, 15) is 13.8 Å². The van der Waals surface area contributed by atoms with E-state index in [0.717, 1.165) is 79.2 Å². The van der Waals surface area contributed by atoms with E-state index in [4.69, 9.17) is 15.9 Å². The molecule has 0 aromatic carbocycles. The highest BCUT2D eigenvalue weighted by Gasteiger charge is 2.51. The van der Waals surface area contributed by atoms with Crippen molar-refractivity contribution < 1.29 is 13.8 Å². The molecule has 1 fully saturated rings. The Morgan fingerprint density at radius 3 is 2.77 bits per heavy atom. The SMILES string of the molecule is NC(=CC1=NCCNC1=O)S(N)(=O)=NC(=O)Nc1c2c(nc3c1CCC31CC1)CCC2. The molecule has 3 aliphatic carbocycles. The maximum Gasteiger partial charge on any atom is 0.354 e. The molecule has 11 heteroatoms. The van der Waals surface area contributed by atoms with Crippen molar-refractivity contribution >= 4 is 33.3 Å². The summed E-state index contributed by atoms with van der Waals surface area (Å²) < 4.78 is 16.5. The first-order chi connectivity index (χ1) is 14.8. The third-order valence-electron chi connectivity index (χ3n) is 6.51. The average Bonchev–Trinajstić information content (AvgIpc) is 3.19. The largest absolute Gasteiger partial charge is 0.390 e. The van der Waals surface area contributed by atoms with Crippen LogP contribution in [0.4, 0.5) is 10.5 Å². The van der Waals surface area contributed by atoms with Crippen molar-refractivity contribution in [1.29, 1.82) is 0 Å². The van der Waals surface area contributed by atoms with E-state index in [-0.39, 0.29) is 16.2 Å². The molecular weight excluding hydrogens is 418 g/mol. The number of aromatic nitrogens is 1. The van der Waals surface area contributed by atoms with Crippen LogP contribution in [0.15, 0.2) is 20.5 Å². The molecule has 2 heterocycles. The van der Waals surface area contributed by atoms with Gasteiger partial charge in [-0.3, -0.25) is 14.8 Å². The van der Waals surface area contributed by atoms with Crippen LogP contribution in [0.25, 0.3) is 0 Å². The molecule has 10 nitrogen and oxygen atoms in total. The number of nitrogens with two attached hydrogens (primary N) is 2. The van der Waals surface area contributed by atoms with Crippen LogP contribution in [0.2, 0.25) is 0 Å². The summed E-state index contributed by atoms with van der Waals surface area (Å²) in [5.74, 6) is -0.439. The van der Waals surface area contributed by atoms with Crippen molar-refractivity contribution in [3.05, 3.63) is 33.6 Å². The number of hydrogen-bond acceptors (Lipinski definition) is 6. The molecule has 6 N–H and O–H groups in total. The van der Waals surface area contributed by atoms with Crippen molar-refractivity contribution in [3.8, 4) is 0 Å². The third-order valence-corrected chi connectivity index (χ3v) is 7.74. The van der Waals surface area contributed by atoms with Gasteiger partial charge in [0.15, 0.2) is 9.92 Å². The number of hydrogen-bond donors (Lipinski definition) is 4. The van der Waals surface area contributed by atoms with Crippen LogP contribution < -0.4 is 21.5 Å². The Bertz CT molecular complexity index is 1190. The number of pyridine rings is 1. The van der Waals surface area contributed by atoms with Gasteiger partial charge in [-0.2, -0.15) is 0 Å². The van der Waals surface area contributed by atoms with E-state index < -0.39 is 21.9 Å². The Kier molecular flexibility index (Phi) is 4.63. The lowest BCUT2D eigenvalue weighted by atomic mass is 10.0. The first-order valence-corrected chi connectivity index (χ1v) is 12.1. The minimum Gasteiger partial charge on any atom is -0.390 e. The number of aryl methyl sites for hydroxylation is 1. The Morgan fingerprint density at radius 1 is 1.23 bits per heavy atom. The fraction of sp³-hybridized carbons (Fsp3) is 0.500. The second kappa shape index (κ2) is 7.13. The van der Waals surface area contributed by atoms with Gasteiger partial charge in [0.05, 0.1) is 17.9 Å². The summed E-state index contributed by atoms with van der Waals surface area (Å²) in [4.78, 5) is 33.5. The van der Waals surface area contributed by atoms with E-state index in [1.165, 1.54) is 0 Å². The highest BCUT2D eigenvalue weighted by Crippen LogP contribution is 2.58. The van der Waals surface area contributed by atoms with Crippen molar-refractivity contribution in [2.75, 3.05) is 18.4 Å². The zero-order valence-corrected chi connectivity index (χ0v) is 17.9. The topological polar surface area (TPSA) is 165 Å². The summed E-state index contributed by atoms with van der Waals surface area (Å²) in [6.07, 6.45) is 8.03. The molecule has 1 unspecified atom stereocenters. The number of amides is 3. The lowest BCUT2D eigenvalue weighted by Crippen LogP contribution is -2.37. The third kappa shape index (κ3) is 3.51. The van der Waals surface area contributed by atoms with Gasteiger partial charge >= 0.3 is 6.03 Å². The van der Waals surface area contributed by atoms with Crippen molar-refractivity contribution in [2.45, 2.75) is 50.4 Å². The van der Waals surface area contributed by atoms with Gasteiger partial charge in [0.1, 0.15) is 10.7 Å². The van der Waals surface area contributed by atoms with Crippen LogP contribution in [-0.4, -0.2) is 39.9 Å². The Hall–Kier alpha value is -2.79. The monoisotopic (exact) mass is 443 g/mol. The predicted molar refractivity (Wildman–Crippen MR) is 117 cm³/mol. The predicted octanol–water partition coefficient (Wildman–Crippen LogP) is 0.793. The molecule has 4 aliphatic rings. The molecule has 1 aromatic rings. The summed E-state index contributed by atoms with van der Waals surface area (Å²) >= 11 is 0. The highest BCUT2D eigenvalue weighted by atomic mass is 32.2. The molecule has 3 amide bonds. The number of rotatable bonds is 3. The van der Waals surface area contributed by atoms with Gasteiger partial charge in [-0.05, 0) is 56.1 Å². The summed E-state index contributed by atoms with van der Waals surface area (Å²) in [7, 11) is -3.72. The second-order valence-corrected chi connectivity index (χ2v) is 10.3. The van der Waals surface area contributed by atoms with E-state index in [2.05, 4.69) is 20.0 Å². The van der Waals surface area contributed by atoms with E-state index in [1.807, 2.05) is 0 Å². The van der Waals surface area contributed by atoms with Crippen LogP contribution in [0.1, 0.15) is 48.2 Å². The van der Waals surface area contributed by atoms with Gasteiger partial charge in [0.2, 0.25) is 0 Å². The summed E-state index contributed by atoms with van der Waals surface area (Å²) in [5, 5.41) is 10.8. The van der Waals surface area contributed by atoms with Crippen molar-refractivity contribution in [3.63, 3.8) is 0 Å². The minimum absolute atomic E-state index is 0.0111. The fourth-order valence-electron chi connectivity index (χ4n) is 4.72. The maximum atomic E-state index is 12.8. The zero-order valence-electron chi connectivity index (χ0n) is 17.1. The minimum atomic E-state index is -3.72. The zero-order chi connectivity index (χ0) is 21.8. The van der Waals surface area contributed by atoms with Gasteiger partial charge in [-0.25, -0.2) is 14.1 Å². The molecule has 0 radical (unpaired) electrons. The fourth-order valence-corrected chi connectivity index (χ4v) is 5.40. The average molecular weight is 444 g/mol. The number of fused-ring (bicyclic) bond motifs is 3. The molecule has 5 rings (SSSR count). The second-order valence-electron chi connectivity index (χ2n) is 8.53. The molecule has 1 aromatic heterocycles. The van der Waals surface area contributed by atoms with E-state index in [0.29, 0.717) is 13.1 Å². The summed E-state index contributed by atoms with van der Waals surface area (Å²) in [5.41, 5.74) is 11.0. The molecule has 1 atom stereocenters. The number of carbonyl (C=O) groups is 2. The standard InChI is InChI=1S/C20H25N7O3S/c21-15(10-14-18(28)24-9-8-23-14)31(22,30)27-19(29)26-16-11-2-1-3-13(11)25-17-12(16)4-5-20(17)6-7-20/h10H,1-9,21H2,(H,24,28)(H3,22,25,26,27,29,30). The first-order valence-electron chi connectivity index (χ1n) is 10.5. The Balaban J connectivity index is 1.45. The van der Waals surface area contributed by atoms with Gasteiger partial charge in [-0.1, -0.05) is 0 Å². The number of aliphatic imine (C=N–C) groups is 1. The molecule has 31 heavy (non-hydrogen) atoms. The summed E-state index contributed by atoms with van der Waals surface area (Å²) in [6.45, 7) is 0.802. The van der Waals surface area contributed by atoms with E-state index >= 15 is 0 Å². The lowest BCUT2D eigenvalue weighted by molar-refractivity contribution is -0.114. The van der Waals surface area contributed by atoms with Crippen LogP contribution in [0.5, 0.6) is 0 Å². The van der Waals surface area contributed by atoms with Gasteiger partial charge in [0, 0.05) is 23.7 Å². The number of nitrogens with zero attached hydrogens (tertiary/aromatic N) is 3. The smallest absolute Gasteiger partial charge is 0.354 e. The maximum absolute atomic E-state index is 12.8. The molecule has 0 bridgehead atoms. The Morgan fingerprint density at radius 2 is 2.03 bits per heavy atom. The van der Waals surface area contributed by atoms with Crippen LogP contribution >= 0.6 is 0 Å². The van der Waals surface area contributed by atoms with Gasteiger partial charge < -0.3 is 16.4 Å². The van der Waals surface area contributed by atoms with Crippen molar-refractivity contribution in [1.82, 2.24) is 10.3 Å². The quantitative estimate of drug-likeness (QED) is 0.541. The Labute approximate surface area is 180 Å². The molecule has 1 spiro atoms. The molecule has 0 saturated heterocycles. The lowest BCUT2D eigenvalue weighted by Gasteiger charge is -2.16. The molecular formula is C20H25N7O3S. The normalized spacial score (nSPS) is 22.8. The number of urea groups is 1. The van der Waals surface area contributed by atoms with Gasteiger partial charge in [0.25, 0.3) is 5.91 Å². The van der Waals surface area contributed by atoms with Crippen LogP contribution in [0, 0.1) is 0 Å². The molecule has 1 saturated carbocycles. The van der Waals surface area contributed by atoms with Gasteiger partial charge in [-0.15, -0.1) is 4.36 Å². The number of carbonyl (C=O) groups excluding carboxylic acids is 2. The molecule has 164 valence electrons.